The minimum absolute atomic E-state index is 0. The predicted octanol–water partition coefficient (Wildman–Crippen LogP) is -0.0100. The van der Waals surface area contributed by atoms with Gasteiger partial charge in [0.15, 0.2) is 0 Å². The minimum Gasteiger partial charge on any atom is 0 e. The van der Waals surface area contributed by atoms with E-state index < -0.39 is 0 Å². The van der Waals surface area contributed by atoms with Crippen LogP contribution in [0.5, 0.6) is 0 Å². The van der Waals surface area contributed by atoms with Crippen molar-refractivity contribution in [1.29, 1.82) is 0 Å². The normalized spacial score (nSPS) is 0. The molecule has 4 heavy (non-hydrogen) atoms. The van der Waals surface area contributed by atoms with E-state index in [0.717, 1.165) is 0 Å². The Morgan fingerprint density at radius 2 is 0.500 bits per heavy atom. The monoisotopic (exact) mass is 345 g/mol. The van der Waals surface area contributed by atoms with Gasteiger partial charge in [0.25, 0.3) is 0 Å². The van der Waals surface area contributed by atoms with Crippen LogP contribution in [0.4, 0.5) is 0 Å². The molecular weight excluding hydrogens is 343 g/mol. The molecule has 4 heteroatoms. The SMILES string of the molecule is [Os].[V].[V].[V]. The third kappa shape index (κ3) is 8.83. The third-order valence-electron chi connectivity index (χ3n) is 0. The van der Waals surface area contributed by atoms with E-state index in [1.54, 1.807) is 0 Å². The first kappa shape index (κ1) is 32.5. The van der Waals surface area contributed by atoms with Gasteiger partial charge in [0, 0.05) is 75.5 Å². The van der Waals surface area contributed by atoms with Crippen molar-refractivity contribution in [2.45, 2.75) is 0 Å². The molecule has 23 valence electrons. The summed E-state index contributed by atoms with van der Waals surface area (Å²) in [5, 5.41) is 0. The summed E-state index contributed by atoms with van der Waals surface area (Å²) in [7, 11) is 0. The molecule has 3 radical (unpaired) electrons. The fourth-order valence-electron chi connectivity index (χ4n) is 0. The Balaban J connectivity index is 0. The first-order valence-electron chi connectivity index (χ1n) is 0. The van der Waals surface area contributed by atoms with Gasteiger partial charge in [-0.3, -0.25) is 0 Å². The fourth-order valence-corrected chi connectivity index (χ4v) is 0. The van der Waals surface area contributed by atoms with Gasteiger partial charge in [-0.25, -0.2) is 0 Å². The second kappa shape index (κ2) is 18.2. The largest absolute Gasteiger partial charge is 0 e. The molecule has 0 aliphatic heterocycles. The van der Waals surface area contributed by atoms with Gasteiger partial charge in [-0.2, -0.15) is 0 Å². The molecule has 0 rings (SSSR count). The van der Waals surface area contributed by atoms with Crippen LogP contribution in [0.1, 0.15) is 0 Å². The van der Waals surface area contributed by atoms with E-state index in [4.69, 9.17) is 0 Å². The average Bonchev–Trinajstić information content (AvgIpc) is 0. The molecule has 0 aromatic carbocycles. The number of hydrogen-bond acceptors (Lipinski definition) is 0. The molecule has 0 aromatic heterocycles. The summed E-state index contributed by atoms with van der Waals surface area (Å²) in [5.74, 6) is 0. The Morgan fingerprint density at radius 3 is 0.500 bits per heavy atom. The van der Waals surface area contributed by atoms with E-state index in [2.05, 4.69) is 0 Å². The van der Waals surface area contributed by atoms with E-state index in [1.165, 1.54) is 0 Å². The molecule has 0 amide bonds. The Bertz CT molecular complexity index is 3.25. The average molecular weight is 343 g/mol. The van der Waals surface area contributed by atoms with Crippen LogP contribution in [0.3, 0.4) is 0 Å². The van der Waals surface area contributed by atoms with Crippen molar-refractivity contribution in [3.05, 3.63) is 0 Å². The van der Waals surface area contributed by atoms with Crippen molar-refractivity contribution >= 4 is 0 Å². The Morgan fingerprint density at radius 1 is 0.500 bits per heavy atom. The Labute approximate surface area is 74.6 Å². The van der Waals surface area contributed by atoms with Crippen LogP contribution in [-0.4, -0.2) is 0 Å². The summed E-state index contributed by atoms with van der Waals surface area (Å²) in [4.78, 5) is 0. The second-order valence-corrected chi connectivity index (χ2v) is 0. The molecule has 0 N–H and O–H groups in total. The summed E-state index contributed by atoms with van der Waals surface area (Å²) in [6.07, 6.45) is 0. The Hall–Kier alpha value is 2.39. The van der Waals surface area contributed by atoms with Gasteiger partial charge in [0.05, 0.1) is 0 Å². The smallest absolute Gasteiger partial charge is 0 e. The van der Waals surface area contributed by atoms with Crippen molar-refractivity contribution in [3.63, 3.8) is 0 Å². The van der Waals surface area contributed by atoms with Crippen LogP contribution in [-0.2, 0) is 75.5 Å². The van der Waals surface area contributed by atoms with E-state index in [0.29, 0.717) is 0 Å². The van der Waals surface area contributed by atoms with Gasteiger partial charge < -0.3 is 0 Å². The van der Waals surface area contributed by atoms with E-state index in [-0.39, 0.29) is 75.5 Å². The molecule has 0 spiro atoms. The van der Waals surface area contributed by atoms with Gasteiger partial charge in [-0.05, 0) is 0 Å². The maximum Gasteiger partial charge on any atom is 0 e. The van der Waals surface area contributed by atoms with E-state index in [9.17, 15) is 0 Å². The molecule has 0 aromatic rings. The first-order valence-corrected chi connectivity index (χ1v) is 0. The summed E-state index contributed by atoms with van der Waals surface area (Å²) in [6, 6.07) is 0. The number of hydrogen-bond donors (Lipinski definition) is 0. The molecule has 0 nitrogen and oxygen atoms in total. The Kier molecular flexibility index (Phi) is 148. The molecule has 0 bridgehead atoms. The molecule has 0 aliphatic rings. The van der Waals surface area contributed by atoms with Crippen molar-refractivity contribution in [3.8, 4) is 0 Å². The summed E-state index contributed by atoms with van der Waals surface area (Å²) in [5.41, 5.74) is 0. The maximum atomic E-state index is 0. The molecule has 0 saturated carbocycles. The topological polar surface area (TPSA) is 0 Å². The van der Waals surface area contributed by atoms with Gasteiger partial charge in [-0.1, -0.05) is 0 Å². The second-order valence-electron chi connectivity index (χ2n) is 0. The van der Waals surface area contributed by atoms with Crippen LogP contribution < -0.4 is 0 Å². The molecule has 0 atom stereocenters. The van der Waals surface area contributed by atoms with Gasteiger partial charge in [-0.15, -0.1) is 0 Å². The fraction of sp³-hybridized carbons (Fsp3) is 0. The van der Waals surface area contributed by atoms with Gasteiger partial charge >= 0.3 is 0 Å². The van der Waals surface area contributed by atoms with Crippen LogP contribution in [0, 0.1) is 0 Å². The zero-order chi connectivity index (χ0) is 0. The van der Waals surface area contributed by atoms with Crippen LogP contribution in [0.15, 0.2) is 0 Å². The molecule has 0 aliphatic carbocycles. The van der Waals surface area contributed by atoms with Gasteiger partial charge in [0.2, 0.25) is 0 Å². The standard InChI is InChI=1S/Os.3V. The molecule has 0 unspecified atom stereocenters. The number of rotatable bonds is 0. The van der Waals surface area contributed by atoms with Crippen LogP contribution in [0.25, 0.3) is 0 Å². The van der Waals surface area contributed by atoms with Crippen LogP contribution >= 0.6 is 0 Å². The minimum atomic E-state index is 0. The van der Waals surface area contributed by atoms with Crippen LogP contribution in [0.2, 0.25) is 0 Å². The summed E-state index contributed by atoms with van der Waals surface area (Å²) in [6.45, 7) is 0. The molecule has 0 heterocycles. The predicted molar refractivity (Wildman–Crippen MR) is 0 cm³/mol. The maximum absolute atomic E-state index is 0. The molecular formula is OsV3. The zero-order valence-corrected chi connectivity index (χ0v) is 8.43. The first-order chi connectivity index (χ1) is 0. The molecule has 0 saturated heterocycles. The van der Waals surface area contributed by atoms with Gasteiger partial charge in [0.1, 0.15) is 0 Å². The quantitative estimate of drug-likeness (QED) is 0.581. The van der Waals surface area contributed by atoms with Crippen molar-refractivity contribution in [2.24, 2.45) is 0 Å². The van der Waals surface area contributed by atoms with E-state index in [1.807, 2.05) is 0 Å². The summed E-state index contributed by atoms with van der Waals surface area (Å²) < 4.78 is 0. The van der Waals surface area contributed by atoms with E-state index >= 15 is 0 Å². The van der Waals surface area contributed by atoms with Crippen molar-refractivity contribution < 1.29 is 75.5 Å². The zero-order valence-electron chi connectivity index (χ0n) is 1.70. The van der Waals surface area contributed by atoms with Crippen molar-refractivity contribution in [2.75, 3.05) is 0 Å². The van der Waals surface area contributed by atoms with Crippen molar-refractivity contribution in [1.82, 2.24) is 0 Å². The molecule has 0 fully saturated rings. The third-order valence-corrected chi connectivity index (χ3v) is 0. The summed E-state index contributed by atoms with van der Waals surface area (Å²) >= 11 is 0.